The monoisotopic (exact) mass is 328 g/mol. The number of rotatable bonds is 8. The van der Waals surface area contributed by atoms with Crippen LogP contribution in [0.4, 0.5) is 0 Å². The highest BCUT2D eigenvalue weighted by molar-refractivity contribution is 5.77. The number of benzene rings is 1. The predicted molar refractivity (Wildman–Crippen MR) is 98.6 cm³/mol. The van der Waals surface area contributed by atoms with E-state index in [9.17, 15) is 9.90 Å². The Labute approximate surface area is 145 Å². The van der Waals surface area contributed by atoms with E-state index in [2.05, 4.69) is 18.2 Å². The van der Waals surface area contributed by atoms with Gasteiger partial charge in [0.15, 0.2) is 0 Å². The highest BCUT2D eigenvalue weighted by Crippen LogP contribution is 2.27. The highest BCUT2D eigenvalue weighted by atomic mass is 16.5. The van der Waals surface area contributed by atoms with Crippen LogP contribution >= 0.6 is 0 Å². The van der Waals surface area contributed by atoms with Crippen molar-refractivity contribution in [1.29, 1.82) is 0 Å². The lowest BCUT2D eigenvalue weighted by molar-refractivity contribution is -0.158. The summed E-state index contributed by atoms with van der Waals surface area (Å²) in [6, 6.07) is 10.2. The van der Waals surface area contributed by atoms with Gasteiger partial charge in [0.05, 0.1) is 18.1 Å². The van der Waals surface area contributed by atoms with E-state index in [1.54, 1.807) is 20.8 Å². The largest absolute Gasteiger partial charge is 0.465 e. The van der Waals surface area contributed by atoms with Gasteiger partial charge in [-0.1, -0.05) is 60.7 Å². The fourth-order valence-electron chi connectivity index (χ4n) is 2.26. The van der Waals surface area contributed by atoms with Crippen molar-refractivity contribution in [3.63, 3.8) is 0 Å². The third-order valence-electron chi connectivity index (χ3n) is 3.83. The van der Waals surface area contributed by atoms with Crippen molar-refractivity contribution in [3.05, 3.63) is 71.8 Å². The molecule has 0 fully saturated rings. The van der Waals surface area contributed by atoms with Crippen LogP contribution in [0.5, 0.6) is 0 Å². The summed E-state index contributed by atoms with van der Waals surface area (Å²) in [5.74, 6) is -0.392. The first-order valence-electron chi connectivity index (χ1n) is 8.28. The van der Waals surface area contributed by atoms with E-state index in [4.69, 9.17) is 4.74 Å². The highest BCUT2D eigenvalue weighted by Gasteiger charge is 2.37. The summed E-state index contributed by atoms with van der Waals surface area (Å²) in [4.78, 5) is 11.9. The van der Waals surface area contributed by atoms with E-state index < -0.39 is 17.5 Å². The lowest BCUT2D eigenvalue weighted by Crippen LogP contribution is -2.39. The van der Waals surface area contributed by atoms with Crippen molar-refractivity contribution in [2.24, 2.45) is 5.41 Å². The van der Waals surface area contributed by atoms with Crippen LogP contribution in [0.2, 0.25) is 0 Å². The third kappa shape index (κ3) is 6.17. The zero-order valence-electron chi connectivity index (χ0n) is 15.0. The molecule has 1 aromatic rings. The molecule has 0 heterocycles. The van der Waals surface area contributed by atoms with E-state index in [-0.39, 0.29) is 0 Å². The molecule has 1 rings (SSSR count). The summed E-state index contributed by atoms with van der Waals surface area (Å²) in [7, 11) is 0. The number of ether oxygens (including phenoxy) is 1. The van der Waals surface area contributed by atoms with E-state index in [0.717, 1.165) is 12.0 Å². The molecule has 0 spiro atoms. The second-order valence-corrected chi connectivity index (χ2v) is 6.26. The summed E-state index contributed by atoms with van der Waals surface area (Å²) in [5.41, 5.74) is 1.02. The topological polar surface area (TPSA) is 46.5 Å². The van der Waals surface area contributed by atoms with Crippen LogP contribution in [0.1, 0.15) is 33.3 Å². The second-order valence-electron chi connectivity index (χ2n) is 6.26. The summed E-state index contributed by atoms with van der Waals surface area (Å²) >= 11 is 0. The van der Waals surface area contributed by atoms with Crippen LogP contribution in [0.15, 0.2) is 66.3 Å². The fraction of sp³-hybridized carbons (Fsp3) is 0.381. The quantitative estimate of drug-likeness (QED) is 0.573. The van der Waals surface area contributed by atoms with E-state index >= 15 is 0 Å². The molecule has 0 saturated heterocycles. The van der Waals surface area contributed by atoms with Gasteiger partial charge in [-0.3, -0.25) is 4.79 Å². The molecule has 0 bridgehead atoms. The Kier molecular flexibility index (Phi) is 8.20. The summed E-state index contributed by atoms with van der Waals surface area (Å²) in [5, 5.41) is 10.4. The minimum absolute atomic E-state index is 0.309. The van der Waals surface area contributed by atoms with Gasteiger partial charge in [-0.05, 0) is 45.3 Å². The lowest BCUT2D eigenvalue weighted by atomic mass is 9.83. The molecule has 1 aromatic carbocycles. The van der Waals surface area contributed by atoms with Gasteiger partial charge in [0.25, 0.3) is 0 Å². The van der Waals surface area contributed by atoms with Gasteiger partial charge >= 0.3 is 5.97 Å². The average molecular weight is 328 g/mol. The summed E-state index contributed by atoms with van der Waals surface area (Å²) in [6.45, 7) is 7.26. The van der Waals surface area contributed by atoms with Gasteiger partial charge in [-0.15, -0.1) is 0 Å². The lowest BCUT2D eigenvalue weighted by Gasteiger charge is -2.28. The third-order valence-corrected chi connectivity index (χ3v) is 3.83. The van der Waals surface area contributed by atoms with Crippen LogP contribution in [0, 0.1) is 5.41 Å². The van der Waals surface area contributed by atoms with Gasteiger partial charge in [-0.2, -0.15) is 0 Å². The van der Waals surface area contributed by atoms with E-state index in [0.29, 0.717) is 6.61 Å². The minimum atomic E-state index is -0.965. The summed E-state index contributed by atoms with van der Waals surface area (Å²) < 4.78 is 5.02. The molecule has 1 N–H and O–H groups in total. The molecular weight excluding hydrogens is 300 g/mol. The molecule has 24 heavy (non-hydrogen) atoms. The SMILES string of the molecule is CCOC(=O)C(C)(C)C(O)\C(C)=C/C=C/C=C/Cc1ccccc1. The van der Waals surface area contributed by atoms with Crippen molar-refractivity contribution < 1.29 is 14.6 Å². The summed E-state index contributed by atoms with van der Waals surface area (Å²) in [6.07, 6.45) is 9.64. The van der Waals surface area contributed by atoms with E-state index in [1.807, 2.05) is 49.4 Å². The Balaban J connectivity index is 2.57. The Morgan fingerprint density at radius 2 is 1.88 bits per heavy atom. The Hall–Kier alpha value is -2.13. The van der Waals surface area contributed by atoms with Gasteiger partial charge in [0, 0.05) is 0 Å². The molecule has 3 nitrogen and oxygen atoms in total. The first-order chi connectivity index (χ1) is 11.4. The van der Waals surface area contributed by atoms with Crippen molar-refractivity contribution in [2.45, 2.75) is 40.2 Å². The van der Waals surface area contributed by atoms with Crippen molar-refractivity contribution in [2.75, 3.05) is 6.61 Å². The molecule has 0 aromatic heterocycles. The molecule has 0 radical (unpaired) electrons. The molecule has 1 atom stereocenters. The normalized spacial score (nSPS) is 14.3. The molecule has 0 aliphatic heterocycles. The second kappa shape index (κ2) is 9.89. The number of hydrogen-bond acceptors (Lipinski definition) is 3. The maximum Gasteiger partial charge on any atom is 0.314 e. The van der Waals surface area contributed by atoms with Crippen LogP contribution in [0.25, 0.3) is 0 Å². The number of esters is 1. The molecule has 0 aliphatic carbocycles. The fourth-order valence-corrected chi connectivity index (χ4v) is 2.26. The Bertz CT molecular complexity index is 595. The van der Waals surface area contributed by atoms with Crippen LogP contribution in [0.3, 0.4) is 0 Å². The average Bonchev–Trinajstić information content (AvgIpc) is 2.58. The van der Waals surface area contributed by atoms with Crippen molar-refractivity contribution >= 4 is 5.97 Å². The zero-order chi connectivity index (χ0) is 18.0. The Morgan fingerprint density at radius 3 is 2.50 bits per heavy atom. The van der Waals surface area contributed by atoms with Gasteiger partial charge in [0.1, 0.15) is 0 Å². The van der Waals surface area contributed by atoms with Crippen molar-refractivity contribution in [3.8, 4) is 0 Å². The number of allylic oxidation sites excluding steroid dienone is 5. The maximum atomic E-state index is 11.9. The first kappa shape index (κ1) is 19.9. The van der Waals surface area contributed by atoms with Gasteiger partial charge < -0.3 is 9.84 Å². The molecule has 1 unspecified atom stereocenters. The number of carbonyl (C=O) groups is 1. The molecule has 0 amide bonds. The number of aliphatic hydroxyl groups is 1. The predicted octanol–water partition coefficient (Wildman–Crippen LogP) is 4.24. The molecule has 0 saturated carbocycles. The van der Waals surface area contributed by atoms with Crippen LogP contribution in [-0.4, -0.2) is 23.8 Å². The van der Waals surface area contributed by atoms with E-state index in [1.165, 1.54) is 5.56 Å². The van der Waals surface area contributed by atoms with Gasteiger partial charge in [0.2, 0.25) is 0 Å². The van der Waals surface area contributed by atoms with Crippen molar-refractivity contribution in [1.82, 2.24) is 0 Å². The molecule has 0 aliphatic rings. The minimum Gasteiger partial charge on any atom is -0.465 e. The van der Waals surface area contributed by atoms with Crippen LogP contribution in [-0.2, 0) is 16.0 Å². The number of hydrogen-bond donors (Lipinski definition) is 1. The molecular formula is C21H28O3. The zero-order valence-corrected chi connectivity index (χ0v) is 15.0. The number of aliphatic hydroxyl groups excluding tert-OH is 1. The smallest absolute Gasteiger partial charge is 0.314 e. The van der Waals surface area contributed by atoms with Gasteiger partial charge in [-0.25, -0.2) is 0 Å². The Morgan fingerprint density at radius 1 is 1.21 bits per heavy atom. The number of carbonyl (C=O) groups excluding carboxylic acids is 1. The molecule has 130 valence electrons. The first-order valence-corrected chi connectivity index (χ1v) is 8.28. The maximum absolute atomic E-state index is 11.9. The standard InChI is InChI=1S/C21H28O3/c1-5-24-20(23)21(3,4)19(22)17(2)13-9-6-7-10-14-18-15-11-8-12-16-18/h6-13,15-16,19,22H,5,14H2,1-4H3/b9-6+,10-7+,17-13-. The van der Waals surface area contributed by atoms with Crippen LogP contribution < -0.4 is 0 Å². The molecule has 3 heteroatoms.